The lowest BCUT2D eigenvalue weighted by Gasteiger charge is -2.04. The van der Waals surface area contributed by atoms with Crippen LogP contribution in [0.1, 0.15) is 35.4 Å². The molecule has 1 atom stereocenters. The monoisotopic (exact) mass is 339 g/mol. The summed E-state index contributed by atoms with van der Waals surface area (Å²) in [5.41, 5.74) is 0.657. The number of ether oxygens (including phenoxy) is 1. The van der Waals surface area contributed by atoms with Gasteiger partial charge in [-0.3, -0.25) is 4.79 Å². The molecule has 0 bridgehead atoms. The van der Waals surface area contributed by atoms with Gasteiger partial charge in [-0.1, -0.05) is 5.16 Å². The Morgan fingerprint density at radius 1 is 1.35 bits per heavy atom. The minimum Gasteiger partial charge on any atom is -0.497 e. The summed E-state index contributed by atoms with van der Waals surface area (Å²) in [6.07, 6.45) is 1.49. The van der Waals surface area contributed by atoms with Crippen LogP contribution in [0.5, 0.6) is 5.75 Å². The van der Waals surface area contributed by atoms with E-state index in [1.165, 1.54) is 0 Å². The van der Waals surface area contributed by atoms with E-state index in [0.717, 1.165) is 5.75 Å². The van der Waals surface area contributed by atoms with Crippen LogP contribution in [0.25, 0.3) is 0 Å². The maximum Gasteiger partial charge on any atom is 0.227 e. The Kier molecular flexibility index (Phi) is 7.71. The predicted octanol–water partition coefficient (Wildman–Crippen LogP) is 2.47. The fraction of sp³-hybridized carbons (Fsp3) is 0.438. The first kappa shape index (κ1) is 19.1. The largest absolute Gasteiger partial charge is 0.497 e. The molecular formula is C16H22ClN3O3. The number of nitrogens with one attached hydrogen (secondary N) is 1. The van der Waals surface area contributed by atoms with E-state index >= 15 is 0 Å². The third-order valence-electron chi connectivity index (χ3n) is 3.47. The molecule has 7 heteroatoms. The third-order valence-corrected chi connectivity index (χ3v) is 3.47. The van der Waals surface area contributed by atoms with Gasteiger partial charge >= 0.3 is 0 Å². The highest BCUT2D eigenvalue weighted by Gasteiger charge is 2.12. The maximum absolute atomic E-state index is 12.1. The Morgan fingerprint density at radius 2 is 2.04 bits per heavy atom. The average Bonchev–Trinajstić information content (AvgIpc) is 3.00. The van der Waals surface area contributed by atoms with Crippen molar-refractivity contribution in [2.45, 2.75) is 32.2 Å². The second-order valence-corrected chi connectivity index (χ2v) is 5.15. The summed E-state index contributed by atoms with van der Waals surface area (Å²) < 4.78 is 10.2. The lowest BCUT2D eigenvalue weighted by Crippen LogP contribution is -2.24. The Bertz CT molecular complexity index is 613. The molecule has 0 saturated heterocycles. The van der Waals surface area contributed by atoms with Crippen LogP contribution in [0, 0.1) is 0 Å². The van der Waals surface area contributed by atoms with Gasteiger partial charge in [0, 0.05) is 30.9 Å². The van der Waals surface area contributed by atoms with Gasteiger partial charge in [-0.05, 0) is 38.2 Å². The molecule has 2 aromatic rings. The van der Waals surface area contributed by atoms with E-state index in [0.29, 0.717) is 36.5 Å². The second kappa shape index (κ2) is 9.27. The lowest BCUT2D eigenvalue weighted by molar-refractivity contribution is 0.0979. The van der Waals surface area contributed by atoms with Crippen LogP contribution in [0.15, 0.2) is 28.8 Å². The highest BCUT2D eigenvalue weighted by Crippen LogP contribution is 2.14. The molecule has 1 aromatic heterocycles. The summed E-state index contributed by atoms with van der Waals surface area (Å²) in [6, 6.07) is 7.35. The zero-order chi connectivity index (χ0) is 15.9. The number of Topliss-reactive ketones (excluding diaryl/α,β-unsaturated/α-hetero) is 1. The number of ketones is 1. The van der Waals surface area contributed by atoms with Gasteiger partial charge in [-0.25, -0.2) is 0 Å². The van der Waals surface area contributed by atoms with Crippen molar-refractivity contribution >= 4 is 18.2 Å². The first-order valence-corrected chi connectivity index (χ1v) is 7.28. The molecule has 0 aliphatic heterocycles. The number of carbonyl (C=O) groups excluding carboxylic acids is 1. The number of nitrogens with zero attached hydrogens (tertiary/aromatic N) is 2. The van der Waals surface area contributed by atoms with Gasteiger partial charge in [-0.2, -0.15) is 4.98 Å². The van der Waals surface area contributed by atoms with E-state index in [9.17, 15) is 4.79 Å². The van der Waals surface area contributed by atoms with E-state index in [1.807, 2.05) is 14.0 Å². The fourth-order valence-corrected chi connectivity index (χ4v) is 1.99. The van der Waals surface area contributed by atoms with Gasteiger partial charge in [0.05, 0.1) is 7.11 Å². The molecule has 0 saturated carbocycles. The highest BCUT2D eigenvalue weighted by molar-refractivity contribution is 5.96. The van der Waals surface area contributed by atoms with Gasteiger partial charge in [0.15, 0.2) is 11.6 Å². The van der Waals surface area contributed by atoms with Crippen LogP contribution in [0.4, 0.5) is 0 Å². The van der Waals surface area contributed by atoms with Crippen molar-refractivity contribution in [3.63, 3.8) is 0 Å². The normalized spacial score (nSPS) is 11.6. The number of rotatable bonds is 8. The number of hydrogen-bond donors (Lipinski definition) is 1. The summed E-state index contributed by atoms with van der Waals surface area (Å²) in [5, 5.41) is 7.04. The Hall–Kier alpha value is -1.92. The SMILES string of the molecule is CNC(C)Cc1noc(CCC(=O)c2ccc(OC)cc2)n1.Cl. The van der Waals surface area contributed by atoms with Crippen LogP contribution in [-0.2, 0) is 12.8 Å². The number of aryl methyl sites for hydroxylation is 1. The molecule has 0 aliphatic rings. The number of aromatic nitrogens is 2. The number of benzene rings is 1. The number of methoxy groups -OCH3 is 1. The predicted molar refractivity (Wildman–Crippen MR) is 89.4 cm³/mol. The Morgan fingerprint density at radius 3 is 2.65 bits per heavy atom. The molecule has 126 valence electrons. The molecule has 6 nitrogen and oxygen atoms in total. The van der Waals surface area contributed by atoms with Gasteiger partial charge in [0.25, 0.3) is 0 Å². The molecule has 1 unspecified atom stereocenters. The highest BCUT2D eigenvalue weighted by atomic mass is 35.5. The van der Waals surface area contributed by atoms with Crippen molar-refractivity contribution in [1.29, 1.82) is 0 Å². The average molecular weight is 340 g/mol. The number of likely N-dealkylation sites (N-methyl/N-ethyl adjacent to an activating group) is 1. The van der Waals surface area contributed by atoms with Crippen molar-refractivity contribution in [2.75, 3.05) is 14.2 Å². The number of carbonyl (C=O) groups is 1. The van der Waals surface area contributed by atoms with Gasteiger partial charge in [-0.15, -0.1) is 12.4 Å². The number of halogens is 1. The second-order valence-electron chi connectivity index (χ2n) is 5.15. The minimum absolute atomic E-state index is 0. The molecule has 0 radical (unpaired) electrons. The molecule has 23 heavy (non-hydrogen) atoms. The van der Waals surface area contributed by atoms with Crippen molar-refractivity contribution < 1.29 is 14.1 Å². The topological polar surface area (TPSA) is 77.2 Å². The van der Waals surface area contributed by atoms with Crippen LogP contribution in [-0.4, -0.2) is 36.1 Å². The Labute approximate surface area is 142 Å². The van der Waals surface area contributed by atoms with E-state index in [2.05, 4.69) is 15.5 Å². The molecule has 0 aliphatic carbocycles. The van der Waals surface area contributed by atoms with Crippen molar-refractivity contribution in [2.24, 2.45) is 0 Å². The standard InChI is InChI=1S/C16H21N3O3.ClH/c1-11(17-2)10-15-18-16(22-19-15)9-8-14(20)12-4-6-13(21-3)7-5-12;/h4-7,11,17H,8-10H2,1-3H3;1H. The molecular weight excluding hydrogens is 318 g/mol. The summed E-state index contributed by atoms with van der Waals surface area (Å²) in [4.78, 5) is 16.4. The quantitative estimate of drug-likeness (QED) is 0.744. The first-order valence-electron chi connectivity index (χ1n) is 7.28. The third kappa shape index (κ3) is 5.65. The van der Waals surface area contributed by atoms with Crippen molar-refractivity contribution in [3.05, 3.63) is 41.5 Å². The van der Waals surface area contributed by atoms with E-state index < -0.39 is 0 Å². The molecule has 2 rings (SSSR count). The van der Waals surface area contributed by atoms with Gasteiger partial charge in [0.1, 0.15) is 5.75 Å². The maximum atomic E-state index is 12.1. The minimum atomic E-state index is 0. The van der Waals surface area contributed by atoms with Crippen LogP contribution >= 0.6 is 12.4 Å². The number of hydrogen-bond acceptors (Lipinski definition) is 6. The molecule has 1 N–H and O–H groups in total. The van der Waals surface area contributed by atoms with Crippen LogP contribution < -0.4 is 10.1 Å². The summed E-state index contributed by atoms with van der Waals surface area (Å²) in [5.74, 6) is 1.94. The van der Waals surface area contributed by atoms with E-state index in [4.69, 9.17) is 9.26 Å². The fourth-order valence-electron chi connectivity index (χ4n) is 1.99. The molecule has 0 amide bonds. The van der Waals surface area contributed by atoms with E-state index in [-0.39, 0.29) is 24.2 Å². The Balaban J connectivity index is 0.00000264. The molecule has 0 fully saturated rings. The van der Waals surface area contributed by atoms with Crippen molar-refractivity contribution in [3.8, 4) is 5.75 Å². The van der Waals surface area contributed by atoms with Crippen molar-refractivity contribution in [1.82, 2.24) is 15.5 Å². The summed E-state index contributed by atoms with van der Waals surface area (Å²) in [6.45, 7) is 2.04. The zero-order valence-corrected chi connectivity index (χ0v) is 14.4. The van der Waals surface area contributed by atoms with E-state index in [1.54, 1.807) is 31.4 Å². The van der Waals surface area contributed by atoms with Gasteiger partial charge in [0.2, 0.25) is 5.89 Å². The summed E-state index contributed by atoms with van der Waals surface area (Å²) in [7, 11) is 3.48. The first-order chi connectivity index (χ1) is 10.6. The van der Waals surface area contributed by atoms with Crippen LogP contribution in [0.3, 0.4) is 0 Å². The smallest absolute Gasteiger partial charge is 0.227 e. The molecule has 1 aromatic carbocycles. The van der Waals surface area contributed by atoms with Gasteiger partial charge < -0.3 is 14.6 Å². The molecule has 0 spiro atoms. The van der Waals surface area contributed by atoms with Crippen LogP contribution in [0.2, 0.25) is 0 Å². The lowest BCUT2D eigenvalue weighted by atomic mass is 10.1. The molecule has 1 heterocycles. The zero-order valence-electron chi connectivity index (χ0n) is 13.5. The summed E-state index contributed by atoms with van der Waals surface area (Å²) >= 11 is 0.